The van der Waals surface area contributed by atoms with E-state index in [1.54, 1.807) is 18.2 Å². The maximum Gasteiger partial charge on any atom is 0.329 e. The second-order valence-corrected chi connectivity index (χ2v) is 10.3. The standard InChI is InChI=1S/C31H25FIN3O5/c1-2-40-27-16-20(14-24(33)29(27)41-18-19-11-12-21-7-3-4-8-22(21)13-19)15-26-30(38)36(31(39)35-26)17-28(37)34-25-10-6-5-9-23(25)32/h3-16H,2,17-18H2,1H3,(H,34,37)(H,35,39)/b26-15+. The molecule has 0 unspecified atom stereocenters. The van der Waals surface area contributed by atoms with Crippen LogP contribution in [0.4, 0.5) is 14.9 Å². The van der Waals surface area contributed by atoms with Crippen molar-refractivity contribution in [1.82, 2.24) is 10.2 Å². The van der Waals surface area contributed by atoms with Gasteiger partial charge in [-0.3, -0.25) is 9.59 Å². The molecule has 1 fully saturated rings. The zero-order valence-corrected chi connectivity index (χ0v) is 24.1. The molecule has 0 spiro atoms. The second kappa shape index (κ2) is 12.4. The molecule has 4 amide bonds. The first-order valence-electron chi connectivity index (χ1n) is 12.8. The Morgan fingerprint density at radius 2 is 1.76 bits per heavy atom. The van der Waals surface area contributed by atoms with Crippen LogP contribution in [-0.2, 0) is 16.2 Å². The summed E-state index contributed by atoms with van der Waals surface area (Å²) in [6, 6.07) is 22.7. The van der Waals surface area contributed by atoms with E-state index in [2.05, 4.69) is 57.5 Å². The monoisotopic (exact) mass is 665 g/mol. The number of benzene rings is 4. The summed E-state index contributed by atoms with van der Waals surface area (Å²) in [6.07, 6.45) is 1.51. The molecule has 1 aliphatic rings. The van der Waals surface area contributed by atoms with Crippen molar-refractivity contribution >= 4 is 63.0 Å². The van der Waals surface area contributed by atoms with Crippen LogP contribution in [0, 0.1) is 9.39 Å². The summed E-state index contributed by atoms with van der Waals surface area (Å²) in [4.78, 5) is 38.6. The number of carbonyl (C=O) groups excluding carboxylic acids is 3. The average molecular weight is 665 g/mol. The molecular formula is C31H25FIN3O5. The van der Waals surface area contributed by atoms with Gasteiger partial charge in [0.05, 0.1) is 15.9 Å². The Labute approximate surface area is 249 Å². The quantitative estimate of drug-likeness (QED) is 0.128. The van der Waals surface area contributed by atoms with Gasteiger partial charge in [-0.25, -0.2) is 14.1 Å². The van der Waals surface area contributed by atoms with Gasteiger partial charge < -0.3 is 20.1 Å². The molecule has 1 heterocycles. The molecule has 4 aromatic carbocycles. The summed E-state index contributed by atoms with van der Waals surface area (Å²) in [5.41, 5.74) is 1.56. The Morgan fingerprint density at radius 3 is 2.54 bits per heavy atom. The normalized spacial score (nSPS) is 13.9. The molecule has 0 atom stereocenters. The lowest BCUT2D eigenvalue weighted by molar-refractivity contribution is -0.127. The summed E-state index contributed by atoms with van der Waals surface area (Å²) in [6.45, 7) is 2.01. The average Bonchev–Trinajstić information content (AvgIpc) is 3.21. The topological polar surface area (TPSA) is 97.0 Å². The molecule has 0 radical (unpaired) electrons. The molecule has 0 aliphatic carbocycles. The number of hydrogen-bond donors (Lipinski definition) is 2. The minimum atomic E-state index is -0.750. The lowest BCUT2D eigenvalue weighted by atomic mass is 10.1. The number of hydrogen-bond acceptors (Lipinski definition) is 5. The molecule has 4 aromatic rings. The van der Waals surface area contributed by atoms with Crippen molar-refractivity contribution in [3.8, 4) is 11.5 Å². The lowest BCUT2D eigenvalue weighted by Crippen LogP contribution is -2.38. The lowest BCUT2D eigenvalue weighted by Gasteiger charge is -2.15. The van der Waals surface area contributed by atoms with Gasteiger partial charge in [-0.1, -0.05) is 48.5 Å². The third-order valence-electron chi connectivity index (χ3n) is 6.25. The number of urea groups is 1. The van der Waals surface area contributed by atoms with Gasteiger partial charge in [0.2, 0.25) is 5.91 Å². The molecule has 0 aromatic heterocycles. The first kappa shape index (κ1) is 28.1. The van der Waals surface area contributed by atoms with Gasteiger partial charge in [-0.2, -0.15) is 0 Å². The van der Waals surface area contributed by atoms with Crippen LogP contribution < -0.4 is 20.1 Å². The van der Waals surface area contributed by atoms with Gasteiger partial charge in [-0.15, -0.1) is 0 Å². The minimum Gasteiger partial charge on any atom is -0.490 e. The third-order valence-corrected chi connectivity index (χ3v) is 7.05. The zero-order valence-electron chi connectivity index (χ0n) is 21.9. The van der Waals surface area contributed by atoms with E-state index >= 15 is 0 Å². The Balaban J connectivity index is 1.31. The molecular weight excluding hydrogens is 640 g/mol. The van der Waals surface area contributed by atoms with Crippen molar-refractivity contribution < 1.29 is 28.2 Å². The van der Waals surface area contributed by atoms with Gasteiger partial charge >= 0.3 is 6.03 Å². The van der Waals surface area contributed by atoms with E-state index < -0.39 is 30.2 Å². The fourth-order valence-corrected chi connectivity index (χ4v) is 5.12. The summed E-state index contributed by atoms with van der Waals surface area (Å²) in [5, 5.41) is 7.14. The van der Waals surface area contributed by atoms with Crippen LogP contribution >= 0.6 is 22.6 Å². The van der Waals surface area contributed by atoms with E-state index in [1.807, 2.05) is 25.1 Å². The van der Waals surface area contributed by atoms with Crippen LogP contribution in [0.15, 0.2) is 84.6 Å². The molecule has 41 heavy (non-hydrogen) atoms. The van der Waals surface area contributed by atoms with E-state index in [9.17, 15) is 18.8 Å². The number of nitrogens with one attached hydrogen (secondary N) is 2. The number of carbonyl (C=O) groups is 3. The van der Waals surface area contributed by atoms with Crippen LogP contribution in [0.3, 0.4) is 0 Å². The van der Waals surface area contributed by atoms with Crippen molar-refractivity contribution in [2.75, 3.05) is 18.5 Å². The number of para-hydroxylation sites is 1. The Hall–Kier alpha value is -4.45. The number of imide groups is 1. The number of amides is 4. The van der Waals surface area contributed by atoms with Gasteiger partial charge in [0.25, 0.3) is 5.91 Å². The Morgan fingerprint density at radius 1 is 1.00 bits per heavy atom. The van der Waals surface area contributed by atoms with Crippen molar-refractivity contribution in [1.29, 1.82) is 0 Å². The van der Waals surface area contributed by atoms with E-state index in [1.165, 1.54) is 24.3 Å². The number of rotatable bonds is 9. The van der Waals surface area contributed by atoms with E-state index in [4.69, 9.17) is 9.47 Å². The first-order valence-corrected chi connectivity index (χ1v) is 13.9. The largest absolute Gasteiger partial charge is 0.490 e. The predicted octanol–water partition coefficient (Wildman–Crippen LogP) is 6.09. The van der Waals surface area contributed by atoms with Crippen molar-refractivity contribution in [2.45, 2.75) is 13.5 Å². The maximum absolute atomic E-state index is 13.9. The Bertz CT molecular complexity index is 1690. The van der Waals surface area contributed by atoms with E-state index in [0.717, 1.165) is 24.8 Å². The van der Waals surface area contributed by atoms with Crippen molar-refractivity contribution in [3.05, 3.63) is 105 Å². The van der Waals surface area contributed by atoms with Crippen LogP contribution in [0.25, 0.3) is 16.8 Å². The Kier molecular flexibility index (Phi) is 8.48. The molecule has 8 nitrogen and oxygen atoms in total. The van der Waals surface area contributed by atoms with Crippen LogP contribution in [0.1, 0.15) is 18.1 Å². The highest BCUT2D eigenvalue weighted by molar-refractivity contribution is 14.1. The van der Waals surface area contributed by atoms with Crippen molar-refractivity contribution in [3.63, 3.8) is 0 Å². The highest BCUT2D eigenvalue weighted by Gasteiger charge is 2.35. The highest BCUT2D eigenvalue weighted by atomic mass is 127. The summed E-state index contributed by atoms with van der Waals surface area (Å²) >= 11 is 2.14. The molecule has 2 N–H and O–H groups in total. The molecule has 0 saturated carbocycles. The number of nitrogens with zero attached hydrogens (tertiary/aromatic N) is 1. The number of anilines is 1. The number of fused-ring (bicyclic) bond motifs is 1. The molecule has 208 valence electrons. The minimum absolute atomic E-state index is 0.00299. The van der Waals surface area contributed by atoms with E-state index in [-0.39, 0.29) is 11.4 Å². The summed E-state index contributed by atoms with van der Waals surface area (Å²) in [7, 11) is 0. The van der Waals surface area contributed by atoms with Crippen molar-refractivity contribution in [2.24, 2.45) is 0 Å². The number of halogens is 2. The fraction of sp³-hybridized carbons (Fsp3) is 0.129. The first-order chi connectivity index (χ1) is 19.8. The SMILES string of the molecule is CCOc1cc(/C=C2/NC(=O)N(CC(=O)Nc3ccccc3F)C2=O)cc(I)c1OCc1ccc2ccccc2c1. The molecule has 1 saturated heterocycles. The van der Waals surface area contributed by atoms with Gasteiger partial charge in [0, 0.05) is 0 Å². The van der Waals surface area contributed by atoms with Gasteiger partial charge in [0.1, 0.15) is 24.7 Å². The summed E-state index contributed by atoms with van der Waals surface area (Å²) in [5.74, 6) is -0.951. The predicted molar refractivity (Wildman–Crippen MR) is 162 cm³/mol. The van der Waals surface area contributed by atoms with E-state index in [0.29, 0.717) is 30.3 Å². The zero-order chi connectivity index (χ0) is 28.9. The maximum atomic E-state index is 13.9. The molecule has 0 bridgehead atoms. The van der Waals surface area contributed by atoms with Gasteiger partial charge in [0.15, 0.2) is 11.5 Å². The second-order valence-electron chi connectivity index (χ2n) is 9.14. The van der Waals surface area contributed by atoms with Crippen LogP contribution in [-0.4, -0.2) is 35.9 Å². The van der Waals surface area contributed by atoms with Crippen LogP contribution in [0.2, 0.25) is 0 Å². The summed E-state index contributed by atoms with van der Waals surface area (Å²) < 4.78 is 26.6. The fourth-order valence-electron chi connectivity index (χ4n) is 4.34. The molecule has 5 rings (SSSR count). The number of ether oxygens (including phenoxy) is 2. The van der Waals surface area contributed by atoms with Gasteiger partial charge in [-0.05, 0) is 87.8 Å². The van der Waals surface area contributed by atoms with Crippen LogP contribution in [0.5, 0.6) is 11.5 Å². The third kappa shape index (κ3) is 6.49. The highest BCUT2D eigenvalue weighted by Crippen LogP contribution is 2.36. The molecule has 1 aliphatic heterocycles. The molecule has 10 heteroatoms. The smallest absolute Gasteiger partial charge is 0.329 e.